The van der Waals surface area contributed by atoms with Crippen molar-refractivity contribution in [2.75, 3.05) is 0 Å². The van der Waals surface area contributed by atoms with Crippen LogP contribution in [-0.2, 0) is 6.42 Å². The van der Waals surface area contributed by atoms with Crippen LogP contribution in [0.15, 0.2) is 29.6 Å². The molecule has 1 heterocycles. The fourth-order valence-electron chi connectivity index (χ4n) is 2.36. The molecule has 3 nitrogen and oxygen atoms in total. The standard InChI is InChI=1S/C13H11NO2S/c15-13(16)11-7-17-12(14-11)10-6-5-8-3-1-2-4-9(8)10/h1-4,7,10H,5-6H2,(H,15,16). The number of thiazole rings is 1. The maximum atomic E-state index is 10.8. The first-order valence-corrected chi connectivity index (χ1v) is 6.40. The van der Waals surface area contributed by atoms with Crippen LogP contribution in [0.25, 0.3) is 0 Å². The van der Waals surface area contributed by atoms with Gasteiger partial charge in [0.25, 0.3) is 0 Å². The summed E-state index contributed by atoms with van der Waals surface area (Å²) in [5, 5.41) is 11.4. The molecular formula is C13H11NO2S. The van der Waals surface area contributed by atoms with Crippen molar-refractivity contribution in [1.82, 2.24) is 4.98 Å². The highest BCUT2D eigenvalue weighted by atomic mass is 32.1. The molecule has 0 radical (unpaired) electrons. The average molecular weight is 245 g/mol. The Kier molecular flexibility index (Phi) is 2.44. The van der Waals surface area contributed by atoms with Crippen LogP contribution in [0.1, 0.15) is 39.0 Å². The van der Waals surface area contributed by atoms with Gasteiger partial charge in [-0.1, -0.05) is 24.3 Å². The van der Waals surface area contributed by atoms with E-state index in [-0.39, 0.29) is 11.6 Å². The van der Waals surface area contributed by atoms with Crippen LogP contribution < -0.4 is 0 Å². The van der Waals surface area contributed by atoms with E-state index >= 15 is 0 Å². The van der Waals surface area contributed by atoms with Gasteiger partial charge in [-0.25, -0.2) is 9.78 Å². The summed E-state index contributed by atoms with van der Waals surface area (Å²) in [5.41, 5.74) is 2.83. The van der Waals surface area contributed by atoms with E-state index < -0.39 is 5.97 Å². The molecule has 0 spiro atoms. The van der Waals surface area contributed by atoms with Crippen LogP contribution in [0.2, 0.25) is 0 Å². The number of fused-ring (bicyclic) bond motifs is 1. The number of aryl methyl sites for hydroxylation is 1. The van der Waals surface area contributed by atoms with Crippen LogP contribution in [0.5, 0.6) is 0 Å². The van der Waals surface area contributed by atoms with Crippen molar-refractivity contribution in [3.8, 4) is 0 Å². The molecule has 86 valence electrons. The van der Waals surface area contributed by atoms with Crippen LogP contribution in [0.4, 0.5) is 0 Å². The van der Waals surface area contributed by atoms with Crippen LogP contribution in [-0.4, -0.2) is 16.1 Å². The van der Waals surface area contributed by atoms with E-state index in [0.717, 1.165) is 17.8 Å². The van der Waals surface area contributed by atoms with Crippen LogP contribution in [0, 0.1) is 0 Å². The van der Waals surface area contributed by atoms with Crippen LogP contribution in [0.3, 0.4) is 0 Å². The van der Waals surface area contributed by atoms with Gasteiger partial charge < -0.3 is 5.11 Å². The third-order valence-electron chi connectivity index (χ3n) is 3.17. The molecule has 0 saturated heterocycles. The van der Waals surface area contributed by atoms with Gasteiger partial charge in [0, 0.05) is 11.3 Å². The molecule has 0 fully saturated rings. The molecule has 1 N–H and O–H groups in total. The highest BCUT2D eigenvalue weighted by molar-refractivity contribution is 7.10. The van der Waals surface area contributed by atoms with Gasteiger partial charge in [0.2, 0.25) is 0 Å². The Labute approximate surface area is 103 Å². The zero-order chi connectivity index (χ0) is 11.8. The van der Waals surface area contributed by atoms with Crippen molar-refractivity contribution in [3.63, 3.8) is 0 Å². The van der Waals surface area contributed by atoms with E-state index in [9.17, 15) is 4.79 Å². The van der Waals surface area contributed by atoms with E-state index in [0.29, 0.717) is 0 Å². The number of benzene rings is 1. The summed E-state index contributed by atoms with van der Waals surface area (Å²) in [6, 6.07) is 8.34. The molecule has 1 unspecified atom stereocenters. The minimum Gasteiger partial charge on any atom is -0.476 e. The highest BCUT2D eigenvalue weighted by Crippen LogP contribution is 2.38. The quantitative estimate of drug-likeness (QED) is 0.885. The number of carboxylic acids is 1. The van der Waals surface area contributed by atoms with E-state index in [4.69, 9.17) is 5.11 Å². The SMILES string of the molecule is O=C(O)c1csc(C2CCc3ccccc32)n1. The zero-order valence-electron chi connectivity index (χ0n) is 9.09. The average Bonchev–Trinajstić information content (AvgIpc) is 2.95. The third kappa shape index (κ3) is 1.74. The zero-order valence-corrected chi connectivity index (χ0v) is 9.91. The lowest BCUT2D eigenvalue weighted by molar-refractivity contribution is 0.0691. The predicted octanol–water partition coefficient (Wildman–Crippen LogP) is 2.92. The first-order chi connectivity index (χ1) is 8.25. The second kappa shape index (κ2) is 3.96. The van der Waals surface area contributed by atoms with Crippen molar-refractivity contribution < 1.29 is 9.90 Å². The third-order valence-corrected chi connectivity index (χ3v) is 4.13. The van der Waals surface area contributed by atoms with Gasteiger partial charge in [-0.3, -0.25) is 0 Å². The first kappa shape index (κ1) is 10.5. The van der Waals surface area contributed by atoms with Crippen molar-refractivity contribution in [3.05, 3.63) is 51.5 Å². The summed E-state index contributed by atoms with van der Waals surface area (Å²) in [7, 11) is 0. The number of aromatic nitrogens is 1. The highest BCUT2D eigenvalue weighted by Gasteiger charge is 2.26. The molecule has 0 amide bonds. The second-order valence-electron chi connectivity index (χ2n) is 4.17. The topological polar surface area (TPSA) is 50.2 Å². The summed E-state index contributed by atoms with van der Waals surface area (Å²) in [6.45, 7) is 0. The molecule has 0 aliphatic heterocycles. The summed E-state index contributed by atoms with van der Waals surface area (Å²) in [4.78, 5) is 15.0. The van der Waals surface area contributed by atoms with E-state index in [2.05, 4.69) is 17.1 Å². The van der Waals surface area contributed by atoms with Crippen molar-refractivity contribution in [2.45, 2.75) is 18.8 Å². The van der Waals surface area contributed by atoms with E-state index in [1.807, 2.05) is 12.1 Å². The largest absolute Gasteiger partial charge is 0.476 e. The number of hydrogen-bond donors (Lipinski definition) is 1. The number of carbonyl (C=O) groups is 1. The van der Waals surface area contributed by atoms with Gasteiger partial charge >= 0.3 is 5.97 Å². The molecule has 1 atom stereocenters. The van der Waals surface area contributed by atoms with Gasteiger partial charge in [0.15, 0.2) is 5.69 Å². The molecule has 0 saturated carbocycles. The molecule has 1 aromatic heterocycles. The number of hydrogen-bond acceptors (Lipinski definition) is 3. The van der Waals surface area contributed by atoms with Crippen LogP contribution >= 0.6 is 11.3 Å². The Bertz CT molecular complexity index is 576. The minimum atomic E-state index is -0.946. The lowest BCUT2D eigenvalue weighted by Crippen LogP contribution is -1.99. The molecule has 4 heteroatoms. The first-order valence-electron chi connectivity index (χ1n) is 5.52. The molecule has 1 aliphatic carbocycles. The maximum absolute atomic E-state index is 10.8. The fraction of sp³-hybridized carbons (Fsp3) is 0.231. The Hall–Kier alpha value is -1.68. The normalized spacial score (nSPS) is 18.0. The predicted molar refractivity (Wildman–Crippen MR) is 65.7 cm³/mol. The van der Waals surface area contributed by atoms with E-state index in [1.165, 1.54) is 22.5 Å². The van der Waals surface area contributed by atoms with Crippen molar-refractivity contribution in [2.24, 2.45) is 0 Å². The Morgan fingerprint density at radius 2 is 2.24 bits per heavy atom. The number of carboxylic acid groups (broad SMARTS) is 1. The Balaban J connectivity index is 1.98. The molecule has 3 rings (SSSR count). The molecular weight excluding hydrogens is 234 g/mol. The summed E-state index contributed by atoms with van der Waals surface area (Å²) in [5.74, 6) is -0.664. The molecule has 1 aliphatic rings. The molecule has 17 heavy (non-hydrogen) atoms. The Morgan fingerprint density at radius 1 is 1.41 bits per heavy atom. The lowest BCUT2D eigenvalue weighted by Gasteiger charge is -2.07. The number of aromatic carboxylic acids is 1. The van der Waals surface area contributed by atoms with Gasteiger partial charge in [-0.05, 0) is 24.0 Å². The number of nitrogens with zero attached hydrogens (tertiary/aromatic N) is 1. The summed E-state index contributed by atoms with van der Waals surface area (Å²) in [6.07, 6.45) is 2.09. The van der Waals surface area contributed by atoms with Gasteiger partial charge in [0.1, 0.15) is 5.01 Å². The van der Waals surface area contributed by atoms with Gasteiger partial charge in [-0.15, -0.1) is 11.3 Å². The fourth-order valence-corrected chi connectivity index (χ4v) is 3.31. The minimum absolute atomic E-state index is 0.161. The second-order valence-corrected chi connectivity index (χ2v) is 5.06. The molecule has 1 aromatic carbocycles. The summed E-state index contributed by atoms with van der Waals surface area (Å²) < 4.78 is 0. The monoisotopic (exact) mass is 245 g/mol. The lowest BCUT2D eigenvalue weighted by atomic mass is 10.0. The number of rotatable bonds is 2. The van der Waals surface area contributed by atoms with E-state index in [1.54, 1.807) is 5.38 Å². The smallest absolute Gasteiger partial charge is 0.355 e. The maximum Gasteiger partial charge on any atom is 0.355 e. The molecule has 2 aromatic rings. The Morgan fingerprint density at radius 3 is 3.00 bits per heavy atom. The van der Waals surface area contributed by atoms with Crippen molar-refractivity contribution in [1.29, 1.82) is 0 Å². The molecule has 0 bridgehead atoms. The van der Waals surface area contributed by atoms with Crippen molar-refractivity contribution >= 4 is 17.3 Å². The summed E-state index contributed by atoms with van der Waals surface area (Å²) >= 11 is 1.45. The van der Waals surface area contributed by atoms with Gasteiger partial charge in [0.05, 0.1) is 0 Å². The van der Waals surface area contributed by atoms with Gasteiger partial charge in [-0.2, -0.15) is 0 Å².